The van der Waals surface area contributed by atoms with E-state index in [4.69, 9.17) is 4.98 Å². The van der Waals surface area contributed by atoms with Crippen LogP contribution in [0.4, 0.5) is 0 Å². The summed E-state index contributed by atoms with van der Waals surface area (Å²) < 4.78 is 4.35. The van der Waals surface area contributed by atoms with Crippen molar-refractivity contribution in [2.24, 2.45) is 7.05 Å². The summed E-state index contributed by atoms with van der Waals surface area (Å²) in [5, 5.41) is 0. The smallest absolute Gasteiger partial charge is 0.215 e. The minimum absolute atomic E-state index is 0.987. The van der Waals surface area contributed by atoms with Gasteiger partial charge in [-0.2, -0.15) is 0 Å². The molecule has 0 fully saturated rings. The normalized spacial score (nSPS) is 11.5. The van der Waals surface area contributed by atoms with Crippen LogP contribution in [0.15, 0.2) is 48.8 Å². The molecule has 0 spiro atoms. The van der Waals surface area contributed by atoms with Crippen LogP contribution in [-0.2, 0) is 7.05 Å². The second-order valence-corrected chi connectivity index (χ2v) is 6.30. The van der Waals surface area contributed by atoms with Gasteiger partial charge in [-0.25, -0.2) is 9.55 Å². The first-order valence-corrected chi connectivity index (χ1v) is 7.90. The zero-order chi connectivity index (χ0) is 16.1. The fourth-order valence-electron chi connectivity index (χ4n) is 3.29. The van der Waals surface area contributed by atoms with E-state index in [1.807, 2.05) is 12.1 Å². The number of aromatic nitrogens is 3. The Balaban J connectivity index is 2.15. The molecule has 1 aromatic carbocycles. The van der Waals surface area contributed by atoms with Crippen molar-refractivity contribution in [3.05, 3.63) is 65.5 Å². The number of fused-ring (bicyclic) bond motifs is 3. The van der Waals surface area contributed by atoms with E-state index in [0.717, 1.165) is 16.7 Å². The molecule has 3 aromatic heterocycles. The van der Waals surface area contributed by atoms with Gasteiger partial charge in [0.1, 0.15) is 18.2 Å². The number of rotatable bonds is 1. The first-order chi connectivity index (χ1) is 11.1. The number of imidazole rings is 1. The average Bonchev–Trinajstić information content (AvgIpc) is 2.90. The molecule has 4 aromatic rings. The Kier molecular flexibility index (Phi) is 2.98. The predicted molar refractivity (Wildman–Crippen MR) is 93.5 cm³/mol. The van der Waals surface area contributed by atoms with Crippen molar-refractivity contribution in [3.8, 4) is 11.3 Å². The summed E-state index contributed by atoms with van der Waals surface area (Å²) in [7, 11) is 2.11. The number of benzene rings is 1. The van der Waals surface area contributed by atoms with Crippen LogP contribution in [0, 0.1) is 20.8 Å². The molecule has 0 radical (unpaired) electrons. The Labute approximate surface area is 135 Å². The molecule has 0 aliphatic rings. The largest absolute Gasteiger partial charge is 0.300 e. The maximum absolute atomic E-state index is 4.90. The topological polar surface area (TPSA) is 21.2 Å². The fourth-order valence-corrected chi connectivity index (χ4v) is 3.29. The van der Waals surface area contributed by atoms with Gasteiger partial charge < -0.3 is 0 Å². The summed E-state index contributed by atoms with van der Waals surface area (Å²) in [6.45, 7) is 6.48. The third-order valence-corrected chi connectivity index (χ3v) is 4.69. The minimum Gasteiger partial charge on any atom is -0.300 e. The molecule has 3 heteroatoms. The summed E-state index contributed by atoms with van der Waals surface area (Å²) in [6.07, 6.45) is 4.27. The Morgan fingerprint density at radius 3 is 2.61 bits per heavy atom. The molecule has 0 bridgehead atoms. The van der Waals surface area contributed by atoms with Gasteiger partial charge in [0.2, 0.25) is 5.69 Å². The van der Waals surface area contributed by atoms with Gasteiger partial charge in [0.05, 0.1) is 11.1 Å². The summed E-state index contributed by atoms with van der Waals surface area (Å²) in [5.74, 6) is 0. The second kappa shape index (κ2) is 4.92. The summed E-state index contributed by atoms with van der Waals surface area (Å²) in [6, 6.07) is 12.7. The van der Waals surface area contributed by atoms with Gasteiger partial charge >= 0.3 is 0 Å². The molecule has 0 saturated heterocycles. The zero-order valence-electron chi connectivity index (χ0n) is 14.0. The summed E-state index contributed by atoms with van der Waals surface area (Å²) in [5.41, 5.74) is 9.49. The maximum Gasteiger partial charge on any atom is 0.215 e. The number of nitrogens with zero attached hydrogens (tertiary/aromatic N) is 3. The van der Waals surface area contributed by atoms with Crippen LogP contribution in [-0.4, -0.2) is 9.38 Å². The first kappa shape index (κ1) is 13.9. The van der Waals surface area contributed by atoms with Gasteiger partial charge in [0.25, 0.3) is 0 Å². The highest BCUT2D eigenvalue weighted by molar-refractivity contribution is 5.94. The zero-order valence-corrected chi connectivity index (χ0v) is 14.0. The van der Waals surface area contributed by atoms with E-state index in [-0.39, 0.29) is 0 Å². The highest BCUT2D eigenvalue weighted by Crippen LogP contribution is 2.31. The SMILES string of the molecule is Cc1cc(-c2c(C)ccc3c2nc2ccccn23)[n+](C)cc1C. The van der Waals surface area contributed by atoms with Crippen LogP contribution < -0.4 is 4.57 Å². The average molecular weight is 302 g/mol. The fraction of sp³-hybridized carbons (Fsp3) is 0.200. The van der Waals surface area contributed by atoms with Crippen molar-refractivity contribution in [3.63, 3.8) is 0 Å². The Morgan fingerprint density at radius 2 is 1.78 bits per heavy atom. The molecule has 0 unspecified atom stereocenters. The van der Waals surface area contributed by atoms with E-state index in [2.05, 4.69) is 73.4 Å². The third-order valence-electron chi connectivity index (χ3n) is 4.69. The van der Waals surface area contributed by atoms with Gasteiger partial charge in [0, 0.05) is 17.8 Å². The van der Waals surface area contributed by atoms with E-state index >= 15 is 0 Å². The van der Waals surface area contributed by atoms with Crippen LogP contribution in [0.3, 0.4) is 0 Å². The lowest BCUT2D eigenvalue weighted by atomic mass is 10.0. The van der Waals surface area contributed by atoms with Crippen molar-refractivity contribution in [2.45, 2.75) is 20.8 Å². The monoisotopic (exact) mass is 302 g/mol. The van der Waals surface area contributed by atoms with Crippen LogP contribution >= 0.6 is 0 Å². The van der Waals surface area contributed by atoms with Gasteiger partial charge in [-0.1, -0.05) is 12.1 Å². The third kappa shape index (κ3) is 2.04. The molecule has 3 heterocycles. The summed E-state index contributed by atoms with van der Waals surface area (Å²) in [4.78, 5) is 4.90. The highest BCUT2D eigenvalue weighted by atomic mass is 15.0. The molecule has 0 amide bonds. The van der Waals surface area contributed by atoms with E-state index in [1.54, 1.807) is 0 Å². The summed E-state index contributed by atoms with van der Waals surface area (Å²) >= 11 is 0. The van der Waals surface area contributed by atoms with Crippen LogP contribution in [0.5, 0.6) is 0 Å². The van der Waals surface area contributed by atoms with Crippen molar-refractivity contribution in [2.75, 3.05) is 0 Å². The van der Waals surface area contributed by atoms with E-state index in [9.17, 15) is 0 Å². The van der Waals surface area contributed by atoms with Crippen LogP contribution in [0.1, 0.15) is 16.7 Å². The van der Waals surface area contributed by atoms with Gasteiger partial charge in [-0.15, -0.1) is 0 Å². The number of pyridine rings is 2. The lowest BCUT2D eigenvalue weighted by molar-refractivity contribution is -0.660. The van der Waals surface area contributed by atoms with Gasteiger partial charge in [0.15, 0.2) is 6.20 Å². The molecule has 3 nitrogen and oxygen atoms in total. The Bertz CT molecular complexity index is 1060. The van der Waals surface area contributed by atoms with Gasteiger partial charge in [-0.3, -0.25) is 4.40 Å². The number of aryl methyl sites for hydroxylation is 4. The predicted octanol–water partition coefficient (Wildman–Crippen LogP) is 3.90. The standard InChI is InChI=1S/C20H20N3/c1-13-8-9-16-20(21-18-7-5-6-10-23(16)18)19(13)17-11-14(2)15(3)12-22(17)4/h5-12H,1-4H3/q+1. The quantitative estimate of drug-likeness (QED) is 0.489. The molecule has 0 saturated carbocycles. The number of hydrogen-bond acceptors (Lipinski definition) is 1. The van der Waals surface area contributed by atoms with E-state index < -0.39 is 0 Å². The molecule has 23 heavy (non-hydrogen) atoms. The molecular formula is C20H20N3+. The lowest BCUT2D eigenvalue weighted by Crippen LogP contribution is -2.31. The van der Waals surface area contributed by atoms with Crippen LogP contribution in [0.25, 0.3) is 27.9 Å². The molecule has 0 aliphatic heterocycles. The molecule has 114 valence electrons. The molecule has 4 rings (SSSR count). The van der Waals surface area contributed by atoms with Gasteiger partial charge in [-0.05, 0) is 50.1 Å². The first-order valence-electron chi connectivity index (χ1n) is 7.90. The molecule has 0 atom stereocenters. The Hall–Kier alpha value is -2.68. The minimum atomic E-state index is 0.987. The molecule has 0 N–H and O–H groups in total. The van der Waals surface area contributed by atoms with E-state index in [1.165, 1.54) is 27.9 Å². The van der Waals surface area contributed by atoms with Crippen molar-refractivity contribution in [1.82, 2.24) is 9.38 Å². The maximum atomic E-state index is 4.90. The number of hydrogen-bond donors (Lipinski definition) is 0. The van der Waals surface area contributed by atoms with Crippen molar-refractivity contribution < 1.29 is 4.57 Å². The second-order valence-electron chi connectivity index (χ2n) is 6.30. The van der Waals surface area contributed by atoms with Crippen molar-refractivity contribution >= 4 is 16.7 Å². The van der Waals surface area contributed by atoms with E-state index in [0.29, 0.717) is 0 Å². The Morgan fingerprint density at radius 1 is 0.957 bits per heavy atom. The van der Waals surface area contributed by atoms with Crippen LogP contribution in [0.2, 0.25) is 0 Å². The van der Waals surface area contributed by atoms with Crippen molar-refractivity contribution in [1.29, 1.82) is 0 Å². The molecule has 0 aliphatic carbocycles. The lowest BCUT2D eigenvalue weighted by Gasteiger charge is -2.08. The molecular weight excluding hydrogens is 282 g/mol. The highest BCUT2D eigenvalue weighted by Gasteiger charge is 2.20.